The number of carbonyl (C=O) groups excluding carboxylic acids is 2. The largest absolute Gasteiger partial charge is 0.385 e. The maximum Gasteiger partial charge on any atom is 0.254 e. The Hall–Kier alpha value is -2.96. The van der Waals surface area contributed by atoms with Gasteiger partial charge in [-0.05, 0) is 49.4 Å². The first-order valence-corrected chi connectivity index (χ1v) is 8.87. The third-order valence-corrected chi connectivity index (χ3v) is 4.53. The topological polar surface area (TPSA) is 52.7 Å². The second kappa shape index (κ2) is 8.16. The number of anilines is 1. The Bertz CT molecular complexity index is 832. The molecule has 2 aromatic rings. The highest BCUT2D eigenvalue weighted by Gasteiger charge is 2.26. The summed E-state index contributed by atoms with van der Waals surface area (Å²) in [5.74, 6) is -2.48. The molecule has 0 bridgehead atoms. The zero-order valence-electron chi connectivity index (χ0n) is 15.0. The third kappa shape index (κ3) is 4.24. The fourth-order valence-corrected chi connectivity index (χ4v) is 3.04. The number of amides is 2. The molecule has 3 rings (SSSR count). The summed E-state index contributed by atoms with van der Waals surface area (Å²) in [6.45, 7) is 4.28. The fourth-order valence-electron chi connectivity index (χ4n) is 3.04. The molecular formula is C20H21F2N3O2. The highest BCUT2D eigenvalue weighted by atomic mass is 19.2. The van der Waals surface area contributed by atoms with Crippen molar-refractivity contribution >= 4 is 17.5 Å². The molecule has 0 unspecified atom stereocenters. The maximum atomic E-state index is 13.3. The Labute approximate surface area is 156 Å². The number of rotatable bonds is 4. The molecule has 5 nitrogen and oxygen atoms in total. The molecule has 7 heteroatoms. The molecule has 142 valence electrons. The van der Waals surface area contributed by atoms with Gasteiger partial charge in [-0.2, -0.15) is 0 Å². The van der Waals surface area contributed by atoms with Crippen molar-refractivity contribution in [3.8, 4) is 0 Å². The van der Waals surface area contributed by atoms with Crippen molar-refractivity contribution in [3.05, 3.63) is 65.2 Å². The predicted octanol–water partition coefficient (Wildman–Crippen LogP) is 2.99. The van der Waals surface area contributed by atoms with Gasteiger partial charge in [0.05, 0.1) is 0 Å². The smallest absolute Gasteiger partial charge is 0.254 e. The first kappa shape index (κ1) is 18.8. The second-order valence-electron chi connectivity index (χ2n) is 6.32. The summed E-state index contributed by atoms with van der Waals surface area (Å²) in [4.78, 5) is 28.3. The Balaban J connectivity index is 1.60. The molecule has 1 heterocycles. The van der Waals surface area contributed by atoms with Crippen LogP contribution in [-0.2, 0) is 0 Å². The maximum absolute atomic E-state index is 13.3. The van der Waals surface area contributed by atoms with E-state index in [1.807, 2.05) is 19.1 Å². The van der Waals surface area contributed by atoms with Gasteiger partial charge in [0.15, 0.2) is 11.6 Å². The van der Waals surface area contributed by atoms with E-state index >= 15 is 0 Å². The van der Waals surface area contributed by atoms with Gasteiger partial charge >= 0.3 is 0 Å². The van der Waals surface area contributed by atoms with Gasteiger partial charge in [0.1, 0.15) is 0 Å². The van der Waals surface area contributed by atoms with Crippen LogP contribution < -0.4 is 5.32 Å². The fraction of sp³-hybridized carbons (Fsp3) is 0.300. The van der Waals surface area contributed by atoms with Gasteiger partial charge in [0.25, 0.3) is 11.8 Å². The highest BCUT2D eigenvalue weighted by molar-refractivity contribution is 5.96. The Kier molecular flexibility index (Phi) is 5.69. The molecular weight excluding hydrogens is 352 g/mol. The van der Waals surface area contributed by atoms with Crippen LogP contribution in [0.3, 0.4) is 0 Å². The first-order valence-electron chi connectivity index (χ1n) is 8.87. The van der Waals surface area contributed by atoms with E-state index in [0.29, 0.717) is 31.7 Å². The van der Waals surface area contributed by atoms with Gasteiger partial charge in [-0.25, -0.2) is 8.78 Å². The lowest BCUT2D eigenvalue weighted by atomic mass is 10.1. The lowest BCUT2D eigenvalue weighted by Crippen LogP contribution is -2.50. The van der Waals surface area contributed by atoms with E-state index in [-0.39, 0.29) is 17.4 Å². The summed E-state index contributed by atoms with van der Waals surface area (Å²) in [6, 6.07) is 10.4. The summed E-state index contributed by atoms with van der Waals surface area (Å²) >= 11 is 0. The van der Waals surface area contributed by atoms with E-state index in [9.17, 15) is 18.4 Å². The molecule has 2 aromatic carbocycles. The number of carbonyl (C=O) groups is 2. The number of piperazine rings is 1. The molecule has 0 spiro atoms. The van der Waals surface area contributed by atoms with Gasteiger partial charge in [-0.3, -0.25) is 9.59 Å². The van der Waals surface area contributed by atoms with Gasteiger partial charge < -0.3 is 15.1 Å². The van der Waals surface area contributed by atoms with Gasteiger partial charge in [-0.1, -0.05) is 0 Å². The normalized spacial score (nSPS) is 14.2. The van der Waals surface area contributed by atoms with Gasteiger partial charge in [-0.15, -0.1) is 0 Å². The lowest BCUT2D eigenvalue weighted by molar-refractivity contribution is 0.0535. The van der Waals surface area contributed by atoms with Gasteiger partial charge in [0.2, 0.25) is 0 Å². The summed E-state index contributed by atoms with van der Waals surface area (Å²) in [5, 5.41) is 3.18. The van der Waals surface area contributed by atoms with E-state index in [2.05, 4.69) is 5.32 Å². The minimum atomic E-state index is -1.05. The van der Waals surface area contributed by atoms with E-state index in [1.54, 1.807) is 21.9 Å². The summed E-state index contributed by atoms with van der Waals surface area (Å²) in [7, 11) is 0. The lowest BCUT2D eigenvalue weighted by Gasteiger charge is -2.35. The minimum Gasteiger partial charge on any atom is -0.385 e. The van der Waals surface area contributed by atoms with Crippen LogP contribution in [0.25, 0.3) is 0 Å². The number of nitrogens with zero attached hydrogens (tertiary/aromatic N) is 2. The Morgan fingerprint density at radius 3 is 1.89 bits per heavy atom. The van der Waals surface area contributed by atoms with Crippen LogP contribution in [0.4, 0.5) is 14.5 Å². The highest BCUT2D eigenvalue weighted by Crippen LogP contribution is 2.15. The van der Waals surface area contributed by atoms with Crippen molar-refractivity contribution < 1.29 is 18.4 Å². The quantitative estimate of drug-likeness (QED) is 0.897. The molecule has 1 aliphatic rings. The number of halogens is 2. The van der Waals surface area contributed by atoms with Crippen molar-refractivity contribution in [1.82, 2.24) is 9.80 Å². The molecule has 0 aromatic heterocycles. The Morgan fingerprint density at radius 1 is 0.852 bits per heavy atom. The van der Waals surface area contributed by atoms with Crippen molar-refractivity contribution in [2.75, 3.05) is 38.0 Å². The first-order chi connectivity index (χ1) is 13.0. The SMILES string of the molecule is CCNc1ccc(C(=O)N2CCN(C(=O)c3ccc(F)c(F)c3)CC2)cc1. The molecule has 1 saturated heterocycles. The van der Waals surface area contributed by atoms with Crippen LogP contribution >= 0.6 is 0 Å². The molecule has 1 fully saturated rings. The average Bonchev–Trinajstić information content (AvgIpc) is 2.70. The zero-order chi connectivity index (χ0) is 19.4. The van der Waals surface area contributed by atoms with E-state index in [1.165, 1.54) is 6.07 Å². The van der Waals surface area contributed by atoms with Crippen LogP contribution in [0.5, 0.6) is 0 Å². The van der Waals surface area contributed by atoms with Crippen molar-refractivity contribution in [2.45, 2.75) is 6.92 Å². The summed E-state index contributed by atoms with van der Waals surface area (Å²) < 4.78 is 26.4. The van der Waals surface area contributed by atoms with Crippen LogP contribution in [-0.4, -0.2) is 54.3 Å². The number of hydrogen-bond donors (Lipinski definition) is 1. The van der Waals surface area contributed by atoms with Crippen molar-refractivity contribution in [3.63, 3.8) is 0 Å². The van der Waals surface area contributed by atoms with Crippen molar-refractivity contribution in [2.24, 2.45) is 0 Å². The van der Waals surface area contributed by atoms with E-state index in [4.69, 9.17) is 0 Å². The minimum absolute atomic E-state index is 0.0852. The molecule has 0 atom stereocenters. The van der Waals surface area contributed by atoms with Gasteiger partial charge in [0, 0.05) is 49.5 Å². The monoisotopic (exact) mass is 373 g/mol. The molecule has 0 aliphatic carbocycles. The van der Waals surface area contributed by atoms with Crippen LogP contribution in [0.15, 0.2) is 42.5 Å². The molecule has 27 heavy (non-hydrogen) atoms. The molecule has 0 saturated carbocycles. The number of hydrogen-bond acceptors (Lipinski definition) is 3. The molecule has 2 amide bonds. The number of benzene rings is 2. The Morgan fingerprint density at radius 2 is 1.37 bits per heavy atom. The van der Waals surface area contributed by atoms with E-state index in [0.717, 1.165) is 24.4 Å². The third-order valence-electron chi connectivity index (χ3n) is 4.53. The molecule has 1 N–H and O–H groups in total. The molecule has 0 radical (unpaired) electrons. The van der Waals surface area contributed by atoms with Crippen molar-refractivity contribution in [1.29, 1.82) is 0 Å². The summed E-state index contributed by atoms with van der Waals surface area (Å²) in [6.07, 6.45) is 0. The standard InChI is InChI=1S/C20H21F2N3O2/c1-2-23-16-6-3-14(4-7-16)19(26)24-9-11-25(12-10-24)20(27)15-5-8-17(21)18(22)13-15/h3-8,13,23H,2,9-12H2,1H3. The average molecular weight is 373 g/mol. The van der Waals surface area contributed by atoms with Crippen LogP contribution in [0.1, 0.15) is 27.6 Å². The van der Waals surface area contributed by atoms with Crippen LogP contribution in [0.2, 0.25) is 0 Å². The zero-order valence-corrected chi connectivity index (χ0v) is 15.0. The number of nitrogens with one attached hydrogen (secondary N) is 1. The molecule has 1 aliphatic heterocycles. The predicted molar refractivity (Wildman–Crippen MR) is 98.8 cm³/mol. The summed E-state index contributed by atoms with van der Waals surface area (Å²) in [5.41, 5.74) is 1.65. The van der Waals surface area contributed by atoms with E-state index < -0.39 is 11.6 Å². The second-order valence-corrected chi connectivity index (χ2v) is 6.32. The van der Waals surface area contributed by atoms with Crippen LogP contribution in [0, 0.1) is 11.6 Å².